The maximum atomic E-state index is 11.1. The summed E-state index contributed by atoms with van der Waals surface area (Å²) in [6.07, 6.45) is 3.52. The third kappa shape index (κ3) is 3.41. The molecule has 0 unspecified atom stereocenters. The molecular weight excluding hydrogens is 214 g/mol. The average molecular weight is 229 g/mol. The van der Waals surface area contributed by atoms with Crippen molar-refractivity contribution < 1.29 is 9.90 Å². The molecule has 0 fully saturated rings. The lowest BCUT2D eigenvalue weighted by atomic mass is 10.1. The van der Waals surface area contributed by atoms with Gasteiger partial charge >= 0.3 is 0 Å². The highest BCUT2D eigenvalue weighted by atomic mass is 16.3. The van der Waals surface area contributed by atoms with E-state index in [1.807, 2.05) is 6.92 Å². The first kappa shape index (κ1) is 12.9. The molecule has 0 atom stereocenters. The molecule has 0 aromatic heterocycles. The molecular formula is C14H15NO2. The van der Waals surface area contributed by atoms with Gasteiger partial charge in [0.15, 0.2) is 5.78 Å². The van der Waals surface area contributed by atoms with Gasteiger partial charge in [-0.2, -0.15) is 0 Å². The van der Waals surface area contributed by atoms with Gasteiger partial charge in [-0.15, -0.1) is 0 Å². The van der Waals surface area contributed by atoms with E-state index in [2.05, 4.69) is 11.6 Å². The molecule has 0 aliphatic rings. The van der Waals surface area contributed by atoms with Crippen molar-refractivity contribution in [2.24, 2.45) is 4.99 Å². The Morgan fingerprint density at radius 2 is 2.06 bits per heavy atom. The quantitative estimate of drug-likeness (QED) is 0.637. The Morgan fingerprint density at radius 1 is 1.41 bits per heavy atom. The van der Waals surface area contributed by atoms with Gasteiger partial charge in [0.05, 0.1) is 11.4 Å². The number of allylic oxidation sites excluding steroid dienone is 3. The molecule has 3 heteroatoms. The van der Waals surface area contributed by atoms with E-state index in [-0.39, 0.29) is 17.2 Å². The fraction of sp³-hybridized carbons (Fsp3) is 0.143. The number of hydrogen-bond acceptors (Lipinski definition) is 3. The molecule has 0 aliphatic carbocycles. The van der Waals surface area contributed by atoms with Gasteiger partial charge in [-0.1, -0.05) is 24.8 Å². The number of benzene rings is 1. The second-order valence-electron chi connectivity index (χ2n) is 3.52. The molecule has 0 aliphatic heterocycles. The lowest BCUT2D eigenvalue weighted by Crippen LogP contribution is -2.01. The number of aliphatic imine (C=N–C) groups is 1. The van der Waals surface area contributed by atoms with Gasteiger partial charge in [-0.25, -0.2) is 4.99 Å². The Morgan fingerprint density at radius 3 is 2.59 bits per heavy atom. The van der Waals surface area contributed by atoms with E-state index in [1.165, 1.54) is 6.92 Å². The topological polar surface area (TPSA) is 49.7 Å². The maximum Gasteiger partial charge on any atom is 0.177 e. The van der Waals surface area contributed by atoms with E-state index in [0.29, 0.717) is 11.3 Å². The smallest absolute Gasteiger partial charge is 0.177 e. The molecule has 0 heterocycles. The molecule has 0 bridgehead atoms. The summed E-state index contributed by atoms with van der Waals surface area (Å²) in [7, 11) is 0. The third-order valence-corrected chi connectivity index (χ3v) is 2.17. The Kier molecular flexibility index (Phi) is 4.40. The molecule has 3 nitrogen and oxygen atoms in total. The fourth-order valence-electron chi connectivity index (χ4n) is 1.26. The van der Waals surface area contributed by atoms with Crippen LogP contribution in [-0.4, -0.2) is 16.6 Å². The molecule has 1 aromatic carbocycles. The third-order valence-electron chi connectivity index (χ3n) is 2.17. The Hall–Kier alpha value is -2.16. The second kappa shape index (κ2) is 5.80. The highest BCUT2D eigenvalue weighted by molar-refractivity contribution is 6.12. The zero-order valence-electron chi connectivity index (χ0n) is 9.97. The van der Waals surface area contributed by atoms with Gasteiger partial charge in [0.1, 0.15) is 5.75 Å². The van der Waals surface area contributed by atoms with E-state index in [1.54, 1.807) is 36.4 Å². The Bertz CT molecular complexity index is 499. The van der Waals surface area contributed by atoms with Crippen molar-refractivity contribution in [1.82, 2.24) is 0 Å². The van der Waals surface area contributed by atoms with Crippen molar-refractivity contribution in [2.75, 3.05) is 0 Å². The number of rotatable bonds is 4. The zero-order valence-corrected chi connectivity index (χ0v) is 9.97. The number of aromatic hydroxyl groups is 1. The summed E-state index contributed by atoms with van der Waals surface area (Å²) in [4.78, 5) is 15.2. The molecule has 1 aromatic rings. The van der Waals surface area contributed by atoms with Crippen LogP contribution in [0.3, 0.4) is 0 Å². The summed E-state index contributed by atoms with van der Waals surface area (Å²) in [6.45, 7) is 6.82. The molecule has 1 rings (SSSR count). The molecule has 88 valence electrons. The first-order valence-corrected chi connectivity index (χ1v) is 5.26. The van der Waals surface area contributed by atoms with Crippen molar-refractivity contribution in [3.05, 3.63) is 54.3 Å². The van der Waals surface area contributed by atoms with E-state index in [0.717, 1.165) is 0 Å². The molecule has 0 amide bonds. The van der Waals surface area contributed by atoms with E-state index in [4.69, 9.17) is 0 Å². The molecule has 0 radical (unpaired) electrons. The molecule has 17 heavy (non-hydrogen) atoms. The number of Topliss-reactive ketones (excluding diaryl/α,β-unsaturated/α-hetero) is 1. The summed E-state index contributed by atoms with van der Waals surface area (Å²) in [6, 6.07) is 6.84. The van der Waals surface area contributed by atoms with Gasteiger partial charge in [0, 0.05) is 12.5 Å². The minimum absolute atomic E-state index is 0.126. The molecule has 0 saturated heterocycles. The average Bonchev–Trinajstić information content (AvgIpc) is 2.29. The summed E-state index contributed by atoms with van der Waals surface area (Å²) < 4.78 is 0. The van der Waals surface area contributed by atoms with Gasteiger partial charge in [0.25, 0.3) is 0 Å². The van der Waals surface area contributed by atoms with Crippen LogP contribution in [0.15, 0.2) is 53.7 Å². The van der Waals surface area contributed by atoms with Crippen molar-refractivity contribution in [3.8, 4) is 5.75 Å². The zero-order chi connectivity index (χ0) is 12.8. The molecule has 1 N–H and O–H groups in total. The van der Waals surface area contributed by atoms with Gasteiger partial charge in [0.2, 0.25) is 0 Å². The van der Waals surface area contributed by atoms with E-state index < -0.39 is 0 Å². The lowest BCUT2D eigenvalue weighted by molar-refractivity contribution is -0.113. The minimum atomic E-state index is -0.192. The Balaban J connectivity index is 3.24. The summed E-state index contributed by atoms with van der Waals surface area (Å²) in [5.74, 6) is -0.0665. The predicted molar refractivity (Wildman–Crippen MR) is 69.3 cm³/mol. The van der Waals surface area contributed by atoms with Crippen molar-refractivity contribution in [2.45, 2.75) is 13.8 Å². The predicted octanol–water partition coefficient (Wildman–Crippen LogP) is 2.86. The summed E-state index contributed by atoms with van der Waals surface area (Å²) in [5, 5.41) is 9.73. The van der Waals surface area contributed by atoms with Crippen molar-refractivity contribution in [1.29, 1.82) is 0 Å². The number of nitrogens with zero attached hydrogens (tertiary/aromatic N) is 1. The normalized spacial score (nSPS) is 11.8. The first-order chi connectivity index (χ1) is 8.06. The number of phenols is 1. The van der Waals surface area contributed by atoms with Gasteiger partial charge in [-0.3, -0.25) is 4.79 Å². The van der Waals surface area contributed by atoms with Crippen LogP contribution >= 0.6 is 0 Å². The fourth-order valence-corrected chi connectivity index (χ4v) is 1.26. The van der Waals surface area contributed by atoms with Crippen LogP contribution < -0.4 is 0 Å². The number of para-hydroxylation sites is 1. The molecule has 0 saturated carbocycles. The van der Waals surface area contributed by atoms with Crippen LogP contribution in [0, 0.1) is 0 Å². The number of phenolic OH excluding ortho intramolecular Hbond substituents is 1. The lowest BCUT2D eigenvalue weighted by Gasteiger charge is -2.04. The number of hydrogen-bond donors (Lipinski definition) is 1. The van der Waals surface area contributed by atoms with Crippen LogP contribution in [-0.2, 0) is 4.79 Å². The van der Waals surface area contributed by atoms with E-state index >= 15 is 0 Å². The highest BCUT2D eigenvalue weighted by Gasteiger charge is 2.07. The number of carbonyl (C=O) groups is 1. The van der Waals surface area contributed by atoms with Crippen LogP contribution in [0.4, 0.5) is 0 Å². The van der Waals surface area contributed by atoms with Crippen LogP contribution in [0.25, 0.3) is 0 Å². The Labute approximate surface area is 101 Å². The van der Waals surface area contributed by atoms with Crippen molar-refractivity contribution in [3.63, 3.8) is 0 Å². The highest BCUT2D eigenvalue weighted by Crippen LogP contribution is 2.18. The van der Waals surface area contributed by atoms with Crippen LogP contribution in [0.5, 0.6) is 5.75 Å². The van der Waals surface area contributed by atoms with Gasteiger partial charge in [-0.05, 0) is 25.1 Å². The van der Waals surface area contributed by atoms with Crippen LogP contribution in [0.2, 0.25) is 0 Å². The van der Waals surface area contributed by atoms with Crippen LogP contribution in [0.1, 0.15) is 19.4 Å². The summed E-state index contributed by atoms with van der Waals surface area (Å²) >= 11 is 0. The van der Waals surface area contributed by atoms with Gasteiger partial charge < -0.3 is 5.11 Å². The standard InChI is InChI=1S/C14H15NO2/c1-4-7-13(15-10(2)11(3)16)12-8-5-6-9-14(12)17/h4-9,17H,2H2,1,3H3/b7-4-,15-13?. The second-order valence-corrected chi connectivity index (χ2v) is 3.52. The minimum Gasteiger partial charge on any atom is -0.507 e. The molecule has 0 spiro atoms. The SMILES string of the molecule is C=C(N=C(/C=C\C)c1ccccc1O)C(C)=O. The number of carbonyl (C=O) groups excluding carboxylic acids is 1. The first-order valence-electron chi connectivity index (χ1n) is 5.26. The van der Waals surface area contributed by atoms with E-state index in [9.17, 15) is 9.90 Å². The van der Waals surface area contributed by atoms with Crippen molar-refractivity contribution >= 4 is 11.5 Å². The largest absolute Gasteiger partial charge is 0.507 e. The monoisotopic (exact) mass is 229 g/mol. The maximum absolute atomic E-state index is 11.1. The summed E-state index contributed by atoms with van der Waals surface area (Å²) in [5.41, 5.74) is 1.26. The number of ketones is 1.